The van der Waals surface area contributed by atoms with E-state index in [1.54, 1.807) is 11.0 Å². The Morgan fingerprint density at radius 1 is 0.975 bits per heavy atom. The van der Waals surface area contributed by atoms with E-state index >= 15 is 4.39 Å². The molecule has 13 heteroatoms. The van der Waals surface area contributed by atoms with Gasteiger partial charge < -0.3 is 14.3 Å². The maximum absolute atomic E-state index is 15.1. The van der Waals surface area contributed by atoms with Gasteiger partial charge in [-0.25, -0.2) is 18.7 Å². The Hall–Kier alpha value is -4.16. The summed E-state index contributed by atoms with van der Waals surface area (Å²) in [6.45, 7) is 1.99. The van der Waals surface area contributed by atoms with E-state index in [0.717, 1.165) is 12.8 Å². The molecule has 0 unspecified atom stereocenters. The number of piperidine rings is 1. The molecule has 0 radical (unpaired) electrons. The highest BCUT2D eigenvalue weighted by Crippen LogP contribution is 2.36. The van der Waals surface area contributed by atoms with E-state index in [0.29, 0.717) is 66.9 Å². The molecule has 208 valence electrons. The summed E-state index contributed by atoms with van der Waals surface area (Å²) in [6.07, 6.45) is -0.737. The fraction of sp³-hybridized carbons (Fsp3) is 0.370. The molecular weight excluding hydrogens is 535 g/mol. The number of likely N-dealkylation sites (tertiary alicyclic amines) is 1. The molecule has 2 aliphatic heterocycles. The first kappa shape index (κ1) is 26.1. The van der Waals surface area contributed by atoms with Gasteiger partial charge in [0.25, 0.3) is 5.91 Å². The predicted molar refractivity (Wildman–Crippen MR) is 134 cm³/mol. The molecule has 2 aromatic carbocycles. The third-order valence-electron chi connectivity index (χ3n) is 7.43. The molecule has 2 fully saturated rings. The molecular formula is C27H23F5N6O2. The van der Waals surface area contributed by atoms with Crippen molar-refractivity contribution in [2.75, 3.05) is 31.1 Å². The number of benzene rings is 2. The van der Waals surface area contributed by atoms with Crippen LogP contribution < -0.4 is 4.90 Å². The second-order valence-corrected chi connectivity index (χ2v) is 9.96. The number of halogens is 5. The lowest BCUT2D eigenvalue weighted by Gasteiger charge is -2.32. The van der Waals surface area contributed by atoms with Crippen molar-refractivity contribution in [2.24, 2.45) is 0 Å². The smallest absolute Gasteiger partial charge is 0.356 e. The molecule has 6 rings (SSSR count). The molecule has 0 saturated carbocycles. The standard InChI is InChI=1S/C27H23F5N6O2/c28-17-12-19(16-3-4-18(21(29)11-16)25(39)38-7-1-2-8-38)22-20(13-17)24(34-14-33-22)37-9-5-15(6-10-37)23-35-26(40-36-23)27(30,31)32/h3-4,11-15H,1-2,5-10H2. The van der Waals surface area contributed by atoms with Crippen LogP contribution in [0.1, 0.15) is 53.7 Å². The summed E-state index contributed by atoms with van der Waals surface area (Å²) in [6, 6.07) is 6.77. The lowest BCUT2D eigenvalue weighted by atomic mass is 9.95. The van der Waals surface area contributed by atoms with E-state index in [4.69, 9.17) is 0 Å². The Kier molecular flexibility index (Phi) is 6.59. The van der Waals surface area contributed by atoms with Crippen LogP contribution in [0, 0.1) is 11.6 Å². The van der Waals surface area contributed by atoms with Crippen molar-refractivity contribution in [1.29, 1.82) is 0 Å². The maximum Gasteiger partial charge on any atom is 0.471 e. The topological polar surface area (TPSA) is 88.2 Å². The third kappa shape index (κ3) is 4.84. The average Bonchev–Trinajstić information content (AvgIpc) is 3.65. The van der Waals surface area contributed by atoms with Crippen molar-refractivity contribution in [1.82, 2.24) is 25.0 Å². The number of anilines is 1. The third-order valence-corrected chi connectivity index (χ3v) is 7.43. The zero-order valence-corrected chi connectivity index (χ0v) is 21.1. The zero-order chi connectivity index (χ0) is 28.0. The Balaban J connectivity index is 1.27. The molecule has 0 bridgehead atoms. The van der Waals surface area contributed by atoms with E-state index in [-0.39, 0.29) is 23.2 Å². The molecule has 4 heterocycles. The van der Waals surface area contributed by atoms with Crippen LogP contribution in [-0.2, 0) is 6.18 Å². The lowest BCUT2D eigenvalue weighted by Crippen LogP contribution is -2.34. The summed E-state index contributed by atoms with van der Waals surface area (Å²) < 4.78 is 72.9. The summed E-state index contributed by atoms with van der Waals surface area (Å²) in [5.74, 6) is -2.89. The molecule has 40 heavy (non-hydrogen) atoms. The summed E-state index contributed by atoms with van der Waals surface area (Å²) in [5, 5.41) is 3.91. The summed E-state index contributed by atoms with van der Waals surface area (Å²) in [7, 11) is 0. The molecule has 8 nitrogen and oxygen atoms in total. The predicted octanol–water partition coefficient (Wildman–Crippen LogP) is 5.60. The van der Waals surface area contributed by atoms with Crippen molar-refractivity contribution < 1.29 is 31.3 Å². The summed E-state index contributed by atoms with van der Waals surface area (Å²) in [5.41, 5.74) is 1.08. The van der Waals surface area contributed by atoms with E-state index < -0.39 is 23.7 Å². The van der Waals surface area contributed by atoms with Gasteiger partial charge in [0.1, 0.15) is 23.8 Å². The van der Waals surface area contributed by atoms with Crippen LogP contribution in [0.4, 0.5) is 27.8 Å². The molecule has 2 saturated heterocycles. The number of hydrogen-bond acceptors (Lipinski definition) is 7. The fourth-order valence-corrected chi connectivity index (χ4v) is 5.40. The zero-order valence-electron chi connectivity index (χ0n) is 21.1. The highest BCUT2D eigenvalue weighted by molar-refractivity contribution is 6.00. The lowest BCUT2D eigenvalue weighted by molar-refractivity contribution is -0.159. The molecule has 2 aromatic heterocycles. The first-order chi connectivity index (χ1) is 19.2. The van der Waals surface area contributed by atoms with Gasteiger partial charge in [0.2, 0.25) is 0 Å². The van der Waals surface area contributed by atoms with Crippen molar-refractivity contribution in [3.8, 4) is 11.1 Å². The van der Waals surface area contributed by atoms with Crippen molar-refractivity contribution >= 4 is 22.6 Å². The molecule has 0 aliphatic carbocycles. The minimum Gasteiger partial charge on any atom is -0.356 e. The normalized spacial score (nSPS) is 16.7. The summed E-state index contributed by atoms with van der Waals surface area (Å²) in [4.78, 5) is 28.4. The first-order valence-corrected chi connectivity index (χ1v) is 12.9. The number of fused-ring (bicyclic) bond motifs is 1. The Labute approximate surface area is 224 Å². The average molecular weight is 559 g/mol. The minimum absolute atomic E-state index is 0.00142. The molecule has 1 amide bonds. The van der Waals surface area contributed by atoms with E-state index in [9.17, 15) is 22.4 Å². The Morgan fingerprint density at radius 2 is 1.73 bits per heavy atom. The quantitative estimate of drug-likeness (QED) is 0.302. The second kappa shape index (κ2) is 10.1. The van der Waals surface area contributed by atoms with Gasteiger partial charge in [0.05, 0.1) is 11.1 Å². The van der Waals surface area contributed by atoms with Crippen LogP contribution in [0.5, 0.6) is 0 Å². The van der Waals surface area contributed by atoms with Gasteiger partial charge in [-0.3, -0.25) is 4.79 Å². The number of rotatable bonds is 4. The number of carbonyl (C=O) groups excluding carboxylic acids is 1. The fourth-order valence-electron chi connectivity index (χ4n) is 5.40. The van der Waals surface area contributed by atoms with E-state index in [1.807, 2.05) is 4.90 Å². The SMILES string of the molecule is O=C(c1ccc(-c2cc(F)cc3c(N4CCC(c5noc(C(F)(F)F)n5)CC4)ncnc23)cc1F)N1CCCC1. The van der Waals surface area contributed by atoms with E-state index in [1.165, 1.54) is 30.6 Å². The van der Waals surface area contributed by atoms with Gasteiger partial charge in [-0.05, 0) is 55.5 Å². The van der Waals surface area contributed by atoms with Gasteiger partial charge in [0.15, 0.2) is 5.82 Å². The highest BCUT2D eigenvalue weighted by atomic mass is 19.4. The van der Waals surface area contributed by atoms with Gasteiger partial charge >= 0.3 is 12.1 Å². The Bertz CT molecular complexity index is 1580. The van der Waals surface area contributed by atoms with Crippen molar-refractivity contribution in [3.05, 3.63) is 65.6 Å². The van der Waals surface area contributed by atoms with Crippen LogP contribution in [0.25, 0.3) is 22.0 Å². The van der Waals surface area contributed by atoms with Crippen LogP contribution in [0.15, 0.2) is 41.2 Å². The van der Waals surface area contributed by atoms with Gasteiger partial charge in [-0.15, -0.1) is 0 Å². The largest absolute Gasteiger partial charge is 0.471 e. The van der Waals surface area contributed by atoms with Gasteiger partial charge in [-0.2, -0.15) is 18.2 Å². The monoisotopic (exact) mass is 558 g/mol. The Morgan fingerprint density at radius 3 is 2.40 bits per heavy atom. The molecule has 0 atom stereocenters. The van der Waals surface area contributed by atoms with Gasteiger partial charge in [-0.1, -0.05) is 11.2 Å². The highest BCUT2D eigenvalue weighted by Gasteiger charge is 2.39. The first-order valence-electron chi connectivity index (χ1n) is 12.9. The number of hydrogen-bond donors (Lipinski definition) is 0. The summed E-state index contributed by atoms with van der Waals surface area (Å²) >= 11 is 0. The van der Waals surface area contributed by atoms with E-state index in [2.05, 4.69) is 24.6 Å². The maximum atomic E-state index is 15.1. The number of amides is 1. The molecule has 2 aliphatic rings. The number of nitrogens with zero attached hydrogens (tertiary/aromatic N) is 6. The number of aromatic nitrogens is 4. The van der Waals surface area contributed by atoms with Crippen molar-refractivity contribution in [2.45, 2.75) is 37.8 Å². The minimum atomic E-state index is -4.71. The molecule has 0 spiro atoms. The van der Waals surface area contributed by atoms with Crippen LogP contribution in [0.3, 0.4) is 0 Å². The van der Waals surface area contributed by atoms with Gasteiger partial charge in [0, 0.05) is 43.0 Å². The van der Waals surface area contributed by atoms with Crippen LogP contribution in [0.2, 0.25) is 0 Å². The number of carbonyl (C=O) groups is 1. The van der Waals surface area contributed by atoms with Crippen LogP contribution >= 0.6 is 0 Å². The van der Waals surface area contributed by atoms with Crippen molar-refractivity contribution in [3.63, 3.8) is 0 Å². The second-order valence-electron chi connectivity index (χ2n) is 9.96. The van der Waals surface area contributed by atoms with Crippen LogP contribution in [-0.4, -0.2) is 57.1 Å². The molecule has 4 aromatic rings. The number of alkyl halides is 3. The molecule has 0 N–H and O–H groups in total.